The minimum Gasteiger partial charge on any atom is -0.456 e. The third kappa shape index (κ3) is 3.03. The van der Waals surface area contributed by atoms with Crippen LogP contribution in [0.15, 0.2) is 18.5 Å². The second-order valence-electron chi connectivity index (χ2n) is 9.13. The highest BCUT2D eigenvalue weighted by Crippen LogP contribution is 2.60. The van der Waals surface area contributed by atoms with Crippen LogP contribution < -0.4 is 4.90 Å². The molecule has 1 aliphatic heterocycles. The Hall–Kier alpha value is -1.98. The number of Topliss-reactive ketones (excluding diaryl/α,β-unsaturated/α-hetero) is 1. The lowest BCUT2D eigenvalue weighted by Gasteiger charge is -2.55. The molecule has 6 heteroatoms. The summed E-state index contributed by atoms with van der Waals surface area (Å²) < 4.78 is 5.54. The second-order valence-corrected chi connectivity index (χ2v) is 9.13. The van der Waals surface area contributed by atoms with Crippen molar-refractivity contribution in [1.29, 1.82) is 0 Å². The van der Waals surface area contributed by atoms with Gasteiger partial charge >= 0.3 is 5.97 Å². The summed E-state index contributed by atoms with van der Waals surface area (Å²) >= 11 is 0. The van der Waals surface area contributed by atoms with Crippen LogP contribution >= 0.6 is 0 Å². The predicted octanol–water partition coefficient (Wildman–Crippen LogP) is 2.77. The lowest BCUT2D eigenvalue weighted by Crippen LogP contribution is -2.51. The summed E-state index contributed by atoms with van der Waals surface area (Å²) in [4.78, 5) is 36.2. The molecular formula is C21H27N3O3. The van der Waals surface area contributed by atoms with E-state index in [1.165, 1.54) is 19.3 Å². The van der Waals surface area contributed by atoms with Crippen molar-refractivity contribution >= 4 is 17.7 Å². The molecule has 5 fully saturated rings. The number of hydrogen-bond donors (Lipinski definition) is 0. The van der Waals surface area contributed by atoms with Gasteiger partial charge in [0, 0.05) is 24.4 Å². The fourth-order valence-electron chi connectivity index (χ4n) is 6.53. The molecule has 0 aromatic carbocycles. The van der Waals surface area contributed by atoms with E-state index >= 15 is 0 Å². The van der Waals surface area contributed by atoms with Gasteiger partial charge < -0.3 is 9.64 Å². The molecule has 5 aliphatic rings. The van der Waals surface area contributed by atoms with E-state index in [2.05, 4.69) is 9.97 Å². The van der Waals surface area contributed by atoms with Gasteiger partial charge in [-0.05, 0) is 75.2 Å². The van der Waals surface area contributed by atoms with Crippen molar-refractivity contribution in [3.8, 4) is 0 Å². The summed E-state index contributed by atoms with van der Waals surface area (Å²) in [5.74, 6) is 2.57. The van der Waals surface area contributed by atoms with Crippen molar-refractivity contribution in [3.05, 3.63) is 18.5 Å². The van der Waals surface area contributed by atoms with Crippen molar-refractivity contribution < 1.29 is 14.3 Å². The number of anilines is 1. The van der Waals surface area contributed by atoms with E-state index in [-0.39, 0.29) is 29.8 Å². The lowest BCUT2D eigenvalue weighted by atomic mass is 9.48. The fourth-order valence-corrected chi connectivity index (χ4v) is 6.53. The highest BCUT2D eigenvalue weighted by molar-refractivity contribution is 5.89. The van der Waals surface area contributed by atoms with Crippen LogP contribution in [0, 0.1) is 23.2 Å². The molecule has 4 saturated carbocycles. The SMILES string of the molecule is O=C(OCC(=O)C12CC3CC(CC(C3)C1)C2)[C@H]1CCCN1c1ncccn1. The number of ether oxygens (including phenoxy) is 1. The van der Waals surface area contributed by atoms with Gasteiger partial charge in [-0.2, -0.15) is 0 Å². The molecule has 1 aromatic heterocycles. The molecule has 4 aliphatic carbocycles. The molecule has 6 rings (SSSR count). The van der Waals surface area contributed by atoms with E-state index in [9.17, 15) is 9.59 Å². The van der Waals surface area contributed by atoms with Gasteiger partial charge in [0.2, 0.25) is 5.95 Å². The summed E-state index contributed by atoms with van der Waals surface area (Å²) in [6.07, 6.45) is 12.0. The van der Waals surface area contributed by atoms with Crippen LogP contribution in [0.25, 0.3) is 0 Å². The molecule has 6 nitrogen and oxygen atoms in total. The Labute approximate surface area is 159 Å². The molecule has 0 amide bonds. The zero-order chi connectivity index (χ0) is 18.4. The maximum Gasteiger partial charge on any atom is 0.329 e. The van der Waals surface area contributed by atoms with Gasteiger partial charge in [-0.15, -0.1) is 0 Å². The van der Waals surface area contributed by atoms with Crippen molar-refractivity contribution in [2.24, 2.45) is 23.2 Å². The fraction of sp³-hybridized carbons (Fsp3) is 0.714. The highest BCUT2D eigenvalue weighted by Gasteiger charge is 2.54. The first-order valence-corrected chi connectivity index (χ1v) is 10.4. The molecule has 1 atom stereocenters. The van der Waals surface area contributed by atoms with E-state index < -0.39 is 0 Å². The molecule has 2 heterocycles. The third-order valence-corrected chi connectivity index (χ3v) is 7.31. The van der Waals surface area contributed by atoms with E-state index in [1.54, 1.807) is 18.5 Å². The number of ketones is 1. The minimum atomic E-state index is -0.378. The second kappa shape index (κ2) is 6.57. The van der Waals surface area contributed by atoms with Crippen LogP contribution in [0.3, 0.4) is 0 Å². The van der Waals surface area contributed by atoms with Gasteiger partial charge in [0.1, 0.15) is 6.04 Å². The summed E-state index contributed by atoms with van der Waals surface area (Å²) in [6.45, 7) is 0.678. The zero-order valence-corrected chi connectivity index (χ0v) is 15.7. The number of nitrogens with zero attached hydrogens (tertiary/aromatic N) is 3. The first kappa shape index (κ1) is 17.1. The van der Waals surface area contributed by atoms with Crippen molar-refractivity contribution in [3.63, 3.8) is 0 Å². The highest BCUT2D eigenvalue weighted by atomic mass is 16.5. The predicted molar refractivity (Wildman–Crippen MR) is 99.0 cm³/mol. The van der Waals surface area contributed by atoms with Crippen LogP contribution in [0.1, 0.15) is 51.4 Å². The third-order valence-electron chi connectivity index (χ3n) is 7.31. The monoisotopic (exact) mass is 369 g/mol. The van der Waals surface area contributed by atoms with Gasteiger partial charge in [0.25, 0.3) is 0 Å². The smallest absolute Gasteiger partial charge is 0.329 e. The van der Waals surface area contributed by atoms with E-state index in [0.29, 0.717) is 5.95 Å². The number of carbonyl (C=O) groups is 2. The Morgan fingerprint density at radius 3 is 2.33 bits per heavy atom. The van der Waals surface area contributed by atoms with Crippen LogP contribution in [0.2, 0.25) is 0 Å². The molecule has 27 heavy (non-hydrogen) atoms. The van der Waals surface area contributed by atoms with Crippen molar-refractivity contribution in [1.82, 2.24) is 9.97 Å². The Morgan fingerprint density at radius 1 is 1.07 bits per heavy atom. The van der Waals surface area contributed by atoms with Crippen molar-refractivity contribution in [2.75, 3.05) is 18.1 Å². The first-order chi connectivity index (χ1) is 13.1. The maximum atomic E-state index is 13.1. The number of esters is 1. The van der Waals surface area contributed by atoms with E-state index in [1.807, 2.05) is 4.90 Å². The molecule has 4 bridgehead atoms. The molecule has 0 radical (unpaired) electrons. The minimum absolute atomic E-state index is 0.0645. The van der Waals surface area contributed by atoms with E-state index in [4.69, 9.17) is 4.74 Å². The standard InChI is InChI=1S/C21H27N3O3/c25-18(21-10-14-7-15(11-21)9-16(8-14)12-21)13-27-19(26)17-3-1-6-24(17)20-22-4-2-5-23-20/h2,4-5,14-17H,1,3,6-13H2/t14?,15?,16?,17-,21?/m1/s1. The Bertz CT molecular complexity index is 700. The lowest BCUT2D eigenvalue weighted by molar-refractivity contribution is -0.158. The summed E-state index contributed by atoms with van der Waals surface area (Å²) in [6, 6.07) is 1.38. The van der Waals surface area contributed by atoms with E-state index in [0.717, 1.165) is 56.4 Å². The number of rotatable bonds is 5. The average Bonchev–Trinajstić information content (AvgIpc) is 3.15. The van der Waals surface area contributed by atoms with Gasteiger partial charge in [0.15, 0.2) is 12.4 Å². The Balaban J connectivity index is 1.22. The van der Waals surface area contributed by atoms with Crippen molar-refractivity contribution in [2.45, 2.75) is 57.4 Å². The molecule has 1 aromatic rings. The number of carbonyl (C=O) groups excluding carboxylic acids is 2. The van der Waals surface area contributed by atoms with Gasteiger partial charge in [0.05, 0.1) is 0 Å². The Kier molecular flexibility index (Phi) is 4.17. The maximum absolute atomic E-state index is 13.1. The summed E-state index contributed by atoms with van der Waals surface area (Å²) in [5, 5.41) is 0. The largest absolute Gasteiger partial charge is 0.456 e. The molecule has 0 spiro atoms. The average molecular weight is 369 g/mol. The first-order valence-electron chi connectivity index (χ1n) is 10.4. The van der Waals surface area contributed by atoms with Crippen LogP contribution in [-0.2, 0) is 14.3 Å². The van der Waals surface area contributed by atoms with Gasteiger partial charge in [-0.1, -0.05) is 0 Å². The van der Waals surface area contributed by atoms with Gasteiger partial charge in [-0.3, -0.25) is 4.79 Å². The molecule has 144 valence electrons. The summed E-state index contributed by atoms with van der Waals surface area (Å²) in [7, 11) is 0. The topological polar surface area (TPSA) is 72.4 Å². The normalized spacial score (nSPS) is 36.8. The molecule has 0 unspecified atom stereocenters. The number of hydrogen-bond acceptors (Lipinski definition) is 6. The van der Waals surface area contributed by atoms with Crippen LogP contribution in [-0.4, -0.2) is 40.9 Å². The molecule has 1 saturated heterocycles. The Morgan fingerprint density at radius 2 is 1.70 bits per heavy atom. The zero-order valence-electron chi connectivity index (χ0n) is 15.7. The quantitative estimate of drug-likeness (QED) is 0.743. The summed E-state index contributed by atoms with van der Waals surface area (Å²) in [5.41, 5.74) is -0.201. The van der Waals surface area contributed by atoms with Crippen LogP contribution in [0.5, 0.6) is 0 Å². The van der Waals surface area contributed by atoms with Gasteiger partial charge in [-0.25, -0.2) is 14.8 Å². The molecule has 0 N–H and O–H groups in total. The number of aromatic nitrogens is 2. The van der Waals surface area contributed by atoms with Crippen LogP contribution in [0.4, 0.5) is 5.95 Å². The molecular weight excluding hydrogens is 342 g/mol.